The Hall–Kier alpha value is -7.40. The van der Waals surface area contributed by atoms with Crippen molar-refractivity contribution in [2.75, 3.05) is 5.32 Å². The molecule has 0 aliphatic carbocycles. The van der Waals surface area contributed by atoms with E-state index in [1.165, 1.54) is 26.8 Å². The van der Waals surface area contributed by atoms with E-state index in [1.807, 2.05) is 5.32 Å². The van der Waals surface area contributed by atoms with Crippen molar-refractivity contribution >= 4 is 70.7 Å². The Morgan fingerprint density at radius 1 is 0.583 bits per heavy atom. The van der Waals surface area contributed by atoms with Crippen LogP contribution in [-0.4, -0.2) is 123 Å². The maximum absolute atomic E-state index is 14.4. The third kappa shape index (κ3) is 21.3. The number of Topliss-reactive ketones (excluding diaryl/α,β-unsaturated/α-hetero) is 1. The number of aliphatic carboxylic acids is 3. The van der Waals surface area contributed by atoms with E-state index in [4.69, 9.17) is 5.11 Å². The number of carboxylic acids is 3. The summed E-state index contributed by atoms with van der Waals surface area (Å²) < 4.78 is 41.6. The predicted octanol–water partition coefficient (Wildman–Crippen LogP) is 2.52. The summed E-state index contributed by atoms with van der Waals surface area (Å²) in [5.41, 5.74) is 1.35. The molecule has 2 aromatic carbocycles. The first-order chi connectivity index (χ1) is 33.3. The van der Waals surface area contributed by atoms with Crippen molar-refractivity contribution in [3.05, 3.63) is 64.7 Å². The number of hydrogen-bond acceptors (Lipinski definition) is 11. The smallest absolute Gasteiger partial charge is 0.391 e. The van der Waals surface area contributed by atoms with Gasteiger partial charge in [0.2, 0.25) is 41.2 Å². The number of hydrogen-bond donors (Lipinski definition) is 10. The van der Waals surface area contributed by atoms with Crippen molar-refractivity contribution in [2.24, 2.45) is 11.3 Å². The standard InChI is InChI=1S/C48H64F3N7O14/c1-24(2)19-31(42(68)57-34(23-48(49,50)51)39(66)45(71)53-29-14-13-25(3)20-27(29)5)56-46(72)40(47(6,7)8)58-44(70)32(21-28-12-10-9-11-26(28)4)55-41(67)30(15-17-36(60)61)54-43(69)33(22-38(64)65)52-35(59)16-18-37(62)63/h9-14,20,24,30-34,40H,15-19,21-23H2,1-8H3,(H,52,59)(H,53,71)(H,54,69)(H,55,67)(H,56,72)(H,57,68)(H,58,70)(H,60,61)(H,62,63)(H,64,65)/t30-,31-,32-,33-,34?,40+/m0/s1. The van der Waals surface area contributed by atoms with Gasteiger partial charge in [0.1, 0.15) is 36.3 Å². The number of carboxylic acid groups (broad SMARTS) is 3. The van der Waals surface area contributed by atoms with E-state index in [1.54, 1.807) is 71.0 Å². The second-order valence-electron chi connectivity index (χ2n) is 18.8. The molecule has 0 heterocycles. The lowest BCUT2D eigenvalue weighted by atomic mass is 9.85. The highest BCUT2D eigenvalue weighted by molar-refractivity contribution is 6.42. The van der Waals surface area contributed by atoms with Crippen molar-refractivity contribution < 1.29 is 81.2 Å². The summed E-state index contributed by atoms with van der Waals surface area (Å²) in [6.45, 7) is 12.8. The highest BCUT2D eigenvalue weighted by atomic mass is 19.4. The average molecular weight is 1020 g/mol. The van der Waals surface area contributed by atoms with E-state index >= 15 is 0 Å². The van der Waals surface area contributed by atoms with Crippen molar-refractivity contribution in [2.45, 2.75) is 149 Å². The van der Waals surface area contributed by atoms with Gasteiger partial charge < -0.3 is 52.5 Å². The Kier molecular flexibility index (Phi) is 23.0. The fraction of sp³-hybridized carbons (Fsp3) is 0.521. The van der Waals surface area contributed by atoms with E-state index in [-0.39, 0.29) is 18.5 Å². The van der Waals surface area contributed by atoms with Gasteiger partial charge in [-0.2, -0.15) is 13.2 Å². The normalized spacial score (nSPS) is 13.9. The highest BCUT2D eigenvalue weighted by Crippen LogP contribution is 2.24. The zero-order chi connectivity index (χ0) is 54.8. The minimum Gasteiger partial charge on any atom is -0.481 e. The van der Waals surface area contributed by atoms with Gasteiger partial charge in [-0.1, -0.05) is 76.6 Å². The van der Waals surface area contributed by atoms with E-state index in [0.29, 0.717) is 16.7 Å². The molecule has 2 rings (SSSR count). The quantitative estimate of drug-likeness (QED) is 0.0576. The van der Waals surface area contributed by atoms with Crippen LogP contribution >= 0.6 is 0 Å². The number of rotatable bonds is 27. The van der Waals surface area contributed by atoms with Gasteiger partial charge in [0.05, 0.1) is 19.3 Å². The van der Waals surface area contributed by atoms with Gasteiger partial charge >= 0.3 is 24.1 Å². The van der Waals surface area contributed by atoms with Crippen LogP contribution in [0.1, 0.15) is 102 Å². The summed E-state index contributed by atoms with van der Waals surface area (Å²) >= 11 is 0. The van der Waals surface area contributed by atoms with Crippen LogP contribution in [0.4, 0.5) is 18.9 Å². The first kappa shape index (κ1) is 60.7. The van der Waals surface area contributed by atoms with E-state index in [0.717, 1.165) is 5.56 Å². The molecule has 21 nitrogen and oxygen atoms in total. The summed E-state index contributed by atoms with van der Waals surface area (Å²) in [5.74, 6) is -14.7. The number of carbonyl (C=O) groups is 11. The van der Waals surface area contributed by atoms with Crippen LogP contribution in [0, 0.1) is 32.1 Å². The topological polar surface area (TPSA) is 333 Å². The molecule has 10 N–H and O–H groups in total. The molecule has 6 atom stereocenters. The SMILES string of the molecule is Cc1ccc(NC(=O)C(=O)C(CC(F)(F)F)NC(=O)[C@H](CC(C)C)NC(=O)[C@@H](NC(=O)[C@H](Cc2ccccc2C)NC(=O)[C@H](CCC(=O)O)NC(=O)[C@H](CC(=O)O)NC(=O)CCC(=O)O)C(C)(C)C)c(C)c1. The molecule has 72 heavy (non-hydrogen) atoms. The van der Waals surface area contributed by atoms with E-state index in [2.05, 4.69) is 31.9 Å². The molecular formula is C48H64F3N7O14. The minimum atomic E-state index is -5.05. The van der Waals surface area contributed by atoms with Crippen LogP contribution < -0.4 is 37.2 Å². The monoisotopic (exact) mass is 1020 g/mol. The molecule has 396 valence electrons. The molecule has 1 unspecified atom stereocenters. The number of anilines is 1. The molecule has 0 spiro atoms. The van der Waals surface area contributed by atoms with Crippen LogP contribution in [0.5, 0.6) is 0 Å². The first-order valence-electron chi connectivity index (χ1n) is 22.8. The van der Waals surface area contributed by atoms with Crippen molar-refractivity contribution in [1.82, 2.24) is 31.9 Å². The van der Waals surface area contributed by atoms with Gasteiger partial charge in [-0.25, -0.2) is 0 Å². The van der Waals surface area contributed by atoms with E-state index in [9.17, 15) is 76.1 Å². The molecule has 0 saturated carbocycles. The molecule has 24 heteroatoms. The molecule has 2 aromatic rings. The van der Waals surface area contributed by atoms with Crippen LogP contribution in [0.2, 0.25) is 0 Å². The van der Waals surface area contributed by atoms with Crippen molar-refractivity contribution in [1.29, 1.82) is 0 Å². The third-order valence-electron chi connectivity index (χ3n) is 10.9. The Bertz CT molecular complexity index is 2350. The van der Waals surface area contributed by atoms with Gasteiger partial charge in [-0.3, -0.25) is 52.7 Å². The summed E-state index contributed by atoms with van der Waals surface area (Å²) in [5, 5.41) is 43.8. The third-order valence-corrected chi connectivity index (χ3v) is 10.9. The minimum absolute atomic E-state index is 0.141. The number of ketones is 1. The number of alkyl halides is 3. The second-order valence-corrected chi connectivity index (χ2v) is 18.8. The summed E-state index contributed by atoms with van der Waals surface area (Å²) in [6.07, 6.45) is -11.2. The fourth-order valence-corrected chi connectivity index (χ4v) is 7.11. The predicted molar refractivity (Wildman–Crippen MR) is 252 cm³/mol. The lowest BCUT2D eigenvalue weighted by molar-refractivity contribution is -0.153. The fourth-order valence-electron chi connectivity index (χ4n) is 7.11. The maximum atomic E-state index is 14.4. The van der Waals surface area contributed by atoms with Gasteiger partial charge in [-0.15, -0.1) is 0 Å². The van der Waals surface area contributed by atoms with Crippen molar-refractivity contribution in [3.63, 3.8) is 0 Å². The largest absolute Gasteiger partial charge is 0.481 e. The molecule has 0 fully saturated rings. The van der Waals surface area contributed by atoms with Gasteiger partial charge in [0, 0.05) is 24.9 Å². The van der Waals surface area contributed by atoms with E-state index < -0.39 is 157 Å². The van der Waals surface area contributed by atoms with Crippen LogP contribution in [0.15, 0.2) is 42.5 Å². The Labute approximate surface area is 413 Å². The Morgan fingerprint density at radius 2 is 1.12 bits per heavy atom. The van der Waals surface area contributed by atoms with Gasteiger partial charge in [0.15, 0.2) is 0 Å². The summed E-state index contributed by atoms with van der Waals surface area (Å²) in [4.78, 5) is 143. The number of aryl methyl sites for hydroxylation is 3. The molecular weight excluding hydrogens is 956 g/mol. The molecule has 7 amide bonds. The molecule has 0 aliphatic heterocycles. The van der Waals surface area contributed by atoms with Crippen LogP contribution in [0.3, 0.4) is 0 Å². The number of benzene rings is 2. The number of nitrogens with one attached hydrogen (secondary N) is 7. The van der Waals surface area contributed by atoms with Crippen LogP contribution in [-0.2, 0) is 59.2 Å². The average Bonchev–Trinajstić information content (AvgIpc) is 3.25. The number of amides is 7. The lowest BCUT2D eigenvalue weighted by Crippen LogP contribution is -2.62. The number of halogens is 3. The Morgan fingerprint density at radius 3 is 1.67 bits per heavy atom. The Balaban J connectivity index is 2.52. The highest BCUT2D eigenvalue weighted by Gasteiger charge is 2.42. The molecule has 0 bridgehead atoms. The zero-order valence-electron chi connectivity index (χ0n) is 41.2. The molecule has 0 aliphatic rings. The first-order valence-corrected chi connectivity index (χ1v) is 22.8. The molecule has 0 radical (unpaired) electrons. The lowest BCUT2D eigenvalue weighted by Gasteiger charge is -2.34. The van der Waals surface area contributed by atoms with Gasteiger partial charge in [-0.05, 0) is 67.7 Å². The maximum Gasteiger partial charge on any atom is 0.391 e. The summed E-state index contributed by atoms with van der Waals surface area (Å²) in [7, 11) is 0. The second kappa shape index (κ2) is 27.3. The summed E-state index contributed by atoms with van der Waals surface area (Å²) in [6, 6.07) is 0.389. The van der Waals surface area contributed by atoms with Crippen LogP contribution in [0.25, 0.3) is 0 Å². The molecule has 0 aromatic heterocycles. The van der Waals surface area contributed by atoms with Gasteiger partial charge in [0.25, 0.3) is 5.91 Å². The molecule has 0 saturated heterocycles. The number of carbonyl (C=O) groups excluding carboxylic acids is 8. The van der Waals surface area contributed by atoms with Crippen molar-refractivity contribution in [3.8, 4) is 0 Å². The zero-order valence-corrected chi connectivity index (χ0v) is 41.2.